The second kappa shape index (κ2) is 2.99. The zero-order valence-electron chi connectivity index (χ0n) is 9.91. The molecule has 5 heteroatoms. The molecule has 1 aliphatic rings. The number of H-pyrrole nitrogens is 1. The van der Waals surface area contributed by atoms with Crippen molar-refractivity contribution >= 4 is 11.6 Å². The van der Waals surface area contributed by atoms with Crippen LogP contribution in [0.2, 0.25) is 0 Å². The molecule has 16 heavy (non-hydrogen) atoms. The highest BCUT2D eigenvalue weighted by Gasteiger charge is 2.32. The minimum atomic E-state index is 0.0325. The Morgan fingerprint density at radius 1 is 1.44 bits per heavy atom. The van der Waals surface area contributed by atoms with E-state index in [2.05, 4.69) is 41.2 Å². The van der Waals surface area contributed by atoms with Crippen LogP contribution in [0.1, 0.15) is 45.2 Å². The maximum Gasteiger partial charge on any atom is 0.252 e. The van der Waals surface area contributed by atoms with Gasteiger partial charge in [-0.2, -0.15) is 0 Å². The van der Waals surface area contributed by atoms with Crippen LogP contribution in [0.15, 0.2) is 6.33 Å². The molecule has 0 saturated heterocycles. The van der Waals surface area contributed by atoms with Crippen LogP contribution in [0, 0.1) is 0 Å². The monoisotopic (exact) mass is 219 g/mol. The van der Waals surface area contributed by atoms with Gasteiger partial charge in [0.1, 0.15) is 6.33 Å². The van der Waals surface area contributed by atoms with E-state index in [0.717, 1.165) is 17.3 Å². The van der Waals surface area contributed by atoms with Crippen molar-refractivity contribution in [1.82, 2.24) is 19.6 Å². The van der Waals surface area contributed by atoms with E-state index in [1.54, 1.807) is 6.33 Å². The first-order valence-electron chi connectivity index (χ1n) is 5.74. The summed E-state index contributed by atoms with van der Waals surface area (Å²) in [5.41, 5.74) is 1.19. The Bertz CT molecular complexity index is 512. The Morgan fingerprint density at radius 3 is 2.81 bits per heavy atom. The van der Waals surface area contributed by atoms with Crippen molar-refractivity contribution in [1.29, 1.82) is 0 Å². The number of fused-ring (bicyclic) bond motifs is 1. The van der Waals surface area contributed by atoms with Gasteiger partial charge in [0.15, 0.2) is 5.82 Å². The first kappa shape index (κ1) is 9.69. The number of rotatable bonds is 2. The maximum absolute atomic E-state index is 4.58. The quantitative estimate of drug-likeness (QED) is 0.813. The summed E-state index contributed by atoms with van der Waals surface area (Å²) in [6.07, 6.45) is 4.17. The molecule has 3 rings (SSSR count). The number of hydrogen-bond acceptors (Lipinski definition) is 3. The normalized spacial score (nSPS) is 16.9. The summed E-state index contributed by atoms with van der Waals surface area (Å²) in [5.74, 6) is 2.45. The summed E-state index contributed by atoms with van der Waals surface area (Å²) < 4.78 is 1.93. The maximum atomic E-state index is 4.58. The van der Waals surface area contributed by atoms with Crippen LogP contribution in [0.3, 0.4) is 0 Å². The topological polar surface area (TPSA) is 58.0 Å². The SMILES string of the molecule is CC(C)(C)Nc1c(C2CC2)nc2nc[nH]n12. The lowest BCUT2D eigenvalue weighted by molar-refractivity contribution is 0.625. The summed E-state index contributed by atoms with van der Waals surface area (Å²) in [6, 6.07) is 0. The summed E-state index contributed by atoms with van der Waals surface area (Å²) >= 11 is 0. The molecule has 0 atom stereocenters. The standard InChI is InChI=1S/C11H17N5/c1-11(2,3)15-9-8(7-4-5-7)14-10-12-6-13-16(9)10/h6-7,15H,4-5H2,1-3H3,(H,12,13,14). The zero-order valence-corrected chi connectivity index (χ0v) is 9.91. The first-order valence-corrected chi connectivity index (χ1v) is 5.74. The molecule has 0 amide bonds. The van der Waals surface area contributed by atoms with E-state index in [9.17, 15) is 0 Å². The molecular formula is C11H17N5. The van der Waals surface area contributed by atoms with Gasteiger partial charge in [0, 0.05) is 11.5 Å². The van der Waals surface area contributed by atoms with Gasteiger partial charge in [-0.05, 0) is 33.6 Å². The van der Waals surface area contributed by atoms with Crippen molar-refractivity contribution in [3.05, 3.63) is 12.0 Å². The van der Waals surface area contributed by atoms with E-state index < -0.39 is 0 Å². The van der Waals surface area contributed by atoms with Gasteiger partial charge < -0.3 is 5.32 Å². The van der Waals surface area contributed by atoms with Crippen LogP contribution in [0.25, 0.3) is 5.78 Å². The highest BCUT2D eigenvalue weighted by atomic mass is 15.4. The van der Waals surface area contributed by atoms with E-state index >= 15 is 0 Å². The van der Waals surface area contributed by atoms with Gasteiger partial charge in [0.2, 0.25) is 0 Å². The van der Waals surface area contributed by atoms with Gasteiger partial charge in [-0.3, -0.25) is 5.10 Å². The van der Waals surface area contributed by atoms with E-state index in [4.69, 9.17) is 0 Å². The molecule has 0 aromatic carbocycles. The number of imidazole rings is 1. The highest BCUT2D eigenvalue weighted by molar-refractivity contribution is 5.54. The van der Waals surface area contributed by atoms with Crippen molar-refractivity contribution < 1.29 is 0 Å². The molecule has 1 fully saturated rings. The molecule has 1 aliphatic carbocycles. The summed E-state index contributed by atoms with van der Waals surface area (Å²) in [6.45, 7) is 6.46. The summed E-state index contributed by atoms with van der Waals surface area (Å²) in [7, 11) is 0. The summed E-state index contributed by atoms with van der Waals surface area (Å²) in [5, 5.41) is 6.60. The van der Waals surface area contributed by atoms with E-state index in [-0.39, 0.29) is 5.54 Å². The van der Waals surface area contributed by atoms with Crippen LogP contribution >= 0.6 is 0 Å². The number of nitrogens with one attached hydrogen (secondary N) is 2. The lowest BCUT2D eigenvalue weighted by atomic mass is 10.1. The van der Waals surface area contributed by atoms with Crippen molar-refractivity contribution in [3.63, 3.8) is 0 Å². The molecular weight excluding hydrogens is 202 g/mol. The molecule has 0 unspecified atom stereocenters. The van der Waals surface area contributed by atoms with Crippen molar-refractivity contribution in [2.75, 3.05) is 5.32 Å². The van der Waals surface area contributed by atoms with Gasteiger partial charge in [-0.25, -0.2) is 14.5 Å². The van der Waals surface area contributed by atoms with Crippen molar-refractivity contribution in [2.45, 2.75) is 45.1 Å². The molecule has 0 bridgehead atoms. The number of hydrogen-bond donors (Lipinski definition) is 2. The molecule has 1 saturated carbocycles. The van der Waals surface area contributed by atoms with E-state index in [1.807, 2.05) is 4.52 Å². The fraction of sp³-hybridized carbons (Fsp3) is 0.636. The Kier molecular flexibility index (Phi) is 1.81. The number of anilines is 1. The second-order valence-electron chi connectivity index (χ2n) is 5.52. The average molecular weight is 219 g/mol. The minimum Gasteiger partial charge on any atom is -0.364 e. The third-order valence-electron chi connectivity index (χ3n) is 2.71. The minimum absolute atomic E-state index is 0.0325. The fourth-order valence-corrected chi connectivity index (χ4v) is 1.90. The van der Waals surface area contributed by atoms with Gasteiger partial charge in [0.25, 0.3) is 5.78 Å². The van der Waals surface area contributed by atoms with Gasteiger partial charge in [-0.15, -0.1) is 0 Å². The molecule has 0 radical (unpaired) electrons. The number of nitrogens with zero attached hydrogens (tertiary/aromatic N) is 3. The van der Waals surface area contributed by atoms with Gasteiger partial charge >= 0.3 is 0 Å². The summed E-state index contributed by atoms with van der Waals surface area (Å²) in [4.78, 5) is 8.77. The smallest absolute Gasteiger partial charge is 0.252 e. The molecule has 86 valence electrons. The lowest BCUT2D eigenvalue weighted by Crippen LogP contribution is -2.27. The predicted molar refractivity (Wildman–Crippen MR) is 62.7 cm³/mol. The Balaban J connectivity index is 2.10. The molecule has 5 nitrogen and oxygen atoms in total. The van der Waals surface area contributed by atoms with Crippen molar-refractivity contribution in [3.8, 4) is 0 Å². The molecule has 2 heterocycles. The Labute approximate surface area is 94.3 Å². The second-order valence-corrected chi connectivity index (χ2v) is 5.52. The number of aromatic amines is 1. The van der Waals surface area contributed by atoms with Crippen LogP contribution in [-0.4, -0.2) is 25.1 Å². The van der Waals surface area contributed by atoms with Crippen LogP contribution < -0.4 is 5.32 Å². The van der Waals surface area contributed by atoms with E-state index in [0.29, 0.717) is 5.92 Å². The Hall–Kier alpha value is -1.52. The van der Waals surface area contributed by atoms with Crippen molar-refractivity contribution in [2.24, 2.45) is 0 Å². The third-order valence-corrected chi connectivity index (χ3v) is 2.71. The van der Waals surface area contributed by atoms with Crippen LogP contribution in [0.5, 0.6) is 0 Å². The lowest BCUT2D eigenvalue weighted by Gasteiger charge is -2.21. The third kappa shape index (κ3) is 1.56. The Morgan fingerprint density at radius 2 is 2.19 bits per heavy atom. The molecule has 2 aromatic rings. The van der Waals surface area contributed by atoms with E-state index in [1.165, 1.54) is 12.8 Å². The predicted octanol–water partition coefficient (Wildman–Crippen LogP) is 2.15. The largest absolute Gasteiger partial charge is 0.364 e. The van der Waals surface area contributed by atoms with Gasteiger partial charge in [0.05, 0.1) is 5.69 Å². The number of aromatic nitrogens is 4. The first-order chi connectivity index (χ1) is 7.54. The molecule has 0 spiro atoms. The molecule has 0 aliphatic heterocycles. The fourth-order valence-electron chi connectivity index (χ4n) is 1.90. The molecule has 2 N–H and O–H groups in total. The van der Waals surface area contributed by atoms with Crippen LogP contribution in [0.4, 0.5) is 5.82 Å². The highest BCUT2D eigenvalue weighted by Crippen LogP contribution is 2.43. The average Bonchev–Trinajstić information content (AvgIpc) is 2.80. The van der Waals surface area contributed by atoms with Crippen LogP contribution in [-0.2, 0) is 0 Å². The zero-order chi connectivity index (χ0) is 11.3. The molecule has 2 aromatic heterocycles. The van der Waals surface area contributed by atoms with Gasteiger partial charge in [-0.1, -0.05) is 0 Å².